The van der Waals surface area contributed by atoms with Gasteiger partial charge in [-0.1, -0.05) is 23.2 Å². The molecule has 6 nitrogen and oxygen atoms in total. The molecule has 1 aromatic heterocycles. The molecule has 8 heteroatoms. The molecule has 0 saturated heterocycles. The van der Waals surface area contributed by atoms with Crippen LogP contribution in [0.1, 0.15) is 15.9 Å². The van der Waals surface area contributed by atoms with Crippen molar-refractivity contribution in [1.82, 2.24) is 0 Å². The van der Waals surface area contributed by atoms with Gasteiger partial charge in [-0.2, -0.15) is 0 Å². The molecule has 4 aromatic rings. The van der Waals surface area contributed by atoms with Crippen LogP contribution in [-0.2, 0) is 0 Å². The first-order valence-electron chi connectivity index (χ1n) is 9.79. The van der Waals surface area contributed by atoms with Crippen LogP contribution in [0, 0.1) is 6.92 Å². The van der Waals surface area contributed by atoms with Gasteiger partial charge in [-0.25, -0.2) is 4.79 Å². The zero-order valence-corrected chi connectivity index (χ0v) is 19.4. The Balaban J connectivity index is 1.88. The summed E-state index contributed by atoms with van der Waals surface area (Å²) < 4.78 is 22.1. The average Bonchev–Trinajstić information content (AvgIpc) is 2.82. The summed E-state index contributed by atoms with van der Waals surface area (Å²) in [5.74, 6) is -0.135. The number of rotatable bonds is 5. The number of ether oxygens (including phenoxy) is 3. The maximum Gasteiger partial charge on any atom is 0.343 e. The molecule has 0 saturated carbocycles. The zero-order valence-electron chi connectivity index (χ0n) is 17.9. The Morgan fingerprint density at radius 3 is 2.27 bits per heavy atom. The monoisotopic (exact) mass is 484 g/mol. The summed E-state index contributed by atoms with van der Waals surface area (Å²) in [6, 6.07) is 14.3. The Bertz CT molecular complexity index is 1420. The molecule has 0 bridgehead atoms. The molecular weight excluding hydrogens is 467 g/mol. The summed E-state index contributed by atoms with van der Waals surface area (Å²) in [6.07, 6.45) is 0. The number of benzene rings is 3. The van der Waals surface area contributed by atoms with Crippen molar-refractivity contribution in [3.8, 4) is 28.6 Å². The van der Waals surface area contributed by atoms with E-state index in [2.05, 4.69) is 0 Å². The third-order valence-electron chi connectivity index (χ3n) is 5.05. The van der Waals surface area contributed by atoms with Gasteiger partial charge >= 0.3 is 5.97 Å². The van der Waals surface area contributed by atoms with Crippen molar-refractivity contribution in [2.45, 2.75) is 6.92 Å². The van der Waals surface area contributed by atoms with E-state index < -0.39 is 11.4 Å². The van der Waals surface area contributed by atoms with E-state index in [9.17, 15) is 9.59 Å². The molecule has 0 aliphatic carbocycles. The number of fused-ring (bicyclic) bond motifs is 1. The lowest BCUT2D eigenvalue weighted by Crippen LogP contribution is -2.16. The minimum Gasteiger partial charge on any atom is -0.493 e. The lowest BCUT2D eigenvalue weighted by molar-refractivity contribution is 0.0731. The van der Waals surface area contributed by atoms with Crippen LogP contribution < -0.4 is 19.6 Å². The molecule has 0 fully saturated rings. The highest BCUT2D eigenvalue weighted by Crippen LogP contribution is 2.34. The van der Waals surface area contributed by atoms with E-state index in [1.54, 1.807) is 43.3 Å². The number of methoxy groups -OCH3 is 2. The molecule has 1 heterocycles. The molecule has 168 valence electrons. The summed E-state index contributed by atoms with van der Waals surface area (Å²) in [5.41, 5.74) is 1.20. The first kappa shape index (κ1) is 22.7. The van der Waals surface area contributed by atoms with Crippen molar-refractivity contribution in [2.75, 3.05) is 14.2 Å². The van der Waals surface area contributed by atoms with Crippen molar-refractivity contribution in [1.29, 1.82) is 0 Å². The predicted octanol–water partition coefficient (Wildman–Crippen LogP) is 6.31. The van der Waals surface area contributed by atoms with E-state index in [0.717, 1.165) is 5.56 Å². The Morgan fingerprint density at radius 1 is 0.909 bits per heavy atom. The van der Waals surface area contributed by atoms with Crippen LogP contribution in [0.25, 0.3) is 22.3 Å². The molecule has 0 spiro atoms. The third kappa shape index (κ3) is 4.40. The normalized spacial score (nSPS) is 10.8. The summed E-state index contributed by atoms with van der Waals surface area (Å²) in [7, 11) is 2.94. The number of aryl methyl sites for hydroxylation is 1. The summed E-state index contributed by atoms with van der Waals surface area (Å²) >= 11 is 12.2. The predicted molar refractivity (Wildman–Crippen MR) is 127 cm³/mol. The second kappa shape index (κ2) is 9.17. The average molecular weight is 485 g/mol. The summed E-state index contributed by atoms with van der Waals surface area (Å²) in [6.45, 7) is 1.80. The maximum atomic E-state index is 13.4. The second-order valence-electron chi connectivity index (χ2n) is 7.15. The minimum absolute atomic E-state index is 0.0970. The Hall–Kier alpha value is -3.48. The highest BCUT2D eigenvalue weighted by Gasteiger charge is 2.23. The van der Waals surface area contributed by atoms with Gasteiger partial charge in [0.05, 0.1) is 25.2 Å². The maximum absolute atomic E-state index is 13.4. The number of carbonyl (C=O) groups is 1. The molecule has 3 aromatic carbocycles. The van der Waals surface area contributed by atoms with Gasteiger partial charge in [0.2, 0.25) is 11.2 Å². The van der Waals surface area contributed by atoms with Gasteiger partial charge in [-0.05, 0) is 67.1 Å². The Kier molecular flexibility index (Phi) is 6.31. The Labute approximate surface area is 199 Å². The highest BCUT2D eigenvalue weighted by molar-refractivity contribution is 6.32. The van der Waals surface area contributed by atoms with E-state index >= 15 is 0 Å². The largest absolute Gasteiger partial charge is 0.493 e. The molecule has 33 heavy (non-hydrogen) atoms. The second-order valence-corrected chi connectivity index (χ2v) is 8.00. The van der Waals surface area contributed by atoms with Gasteiger partial charge in [0, 0.05) is 15.6 Å². The number of hydrogen-bond acceptors (Lipinski definition) is 6. The Morgan fingerprint density at radius 2 is 1.61 bits per heavy atom. The standard InChI is InChI=1S/C25H18Cl2O6/c1-13-10-20-17(12-18(13)27)22(28)24(23(32-20)14-4-7-16(26)8-5-14)33-25(29)15-6-9-19(30-2)21(11-15)31-3/h4-12H,1-3H3. The number of halogens is 2. The molecule has 0 amide bonds. The first-order chi connectivity index (χ1) is 15.8. The number of hydrogen-bond donors (Lipinski definition) is 0. The first-order valence-corrected chi connectivity index (χ1v) is 10.5. The molecule has 0 aliphatic rings. The number of esters is 1. The fraction of sp³-hybridized carbons (Fsp3) is 0.120. The minimum atomic E-state index is -0.768. The van der Waals surface area contributed by atoms with E-state index in [1.807, 2.05) is 0 Å². The highest BCUT2D eigenvalue weighted by atomic mass is 35.5. The van der Waals surface area contributed by atoms with E-state index in [4.69, 9.17) is 41.8 Å². The fourth-order valence-electron chi connectivity index (χ4n) is 3.30. The van der Waals surface area contributed by atoms with E-state index in [-0.39, 0.29) is 22.5 Å². The van der Waals surface area contributed by atoms with Gasteiger partial charge in [-0.3, -0.25) is 4.79 Å². The lowest BCUT2D eigenvalue weighted by Gasteiger charge is -2.12. The summed E-state index contributed by atoms with van der Waals surface area (Å²) in [4.78, 5) is 26.4. The van der Waals surface area contributed by atoms with E-state index in [0.29, 0.717) is 32.7 Å². The quantitative estimate of drug-likeness (QED) is 0.309. The molecular formula is C25H18Cl2O6. The van der Waals surface area contributed by atoms with E-state index in [1.165, 1.54) is 32.4 Å². The summed E-state index contributed by atoms with van der Waals surface area (Å²) in [5, 5.41) is 1.10. The molecule has 0 N–H and O–H groups in total. The van der Waals surface area contributed by atoms with Crippen LogP contribution in [0.5, 0.6) is 17.2 Å². The van der Waals surface area contributed by atoms with Crippen LogP contribution in [0.4, 0.5) is 0 Å². The van der Waals surface area contributed by atoms with Crippen LogP contribution >= 0.6 is 23.2 Å². The van der Waals surface area contributed by atoms with Crippen molar-refractivity contribution in [3.63, 3.8) is 0 Å². The fourth-order valence-corrected chi connectivity index (χ4v) is 3.59. The molecule has 0 radical (unpaired) electrons. The molecule has 0 atom stereocenters. The third-order valence-corrected chi connectivity index (χ3v) is 5.71. The van der Waals surface area contributed by atoms with Crippen molar-refractivity contribution >= 4 is 40.1 Å². The van der Waals surface area contributed by atoms with Gasteiger partial charge in [0.25, 0.3) is 0 Å². The van der Waals surface area contributed by atoms with Gasteiger partial charge in [-0.15, -0.1) is 0 Å². The molecule has 4 rings (SSSR count). The van der Waals surface area contributed by atoms with Gasteiger partial charge < -0.3 is 18.6 Å². The smallest absolute Gasteiger partial charge is 0.343 e. The van der Waals surface area contributed by atoms with Crippen LogP contribution in [0.15, 0.2) is 63.8 Å². The van der Waals surface area contributed by atoms with Gasteiger partial charge in [0.1, 0.15) is 5.58 Å². The number of carbonyl (C=O) groups excluding carboxylic acids is 1. The lowest BCUT2D eigenvalue weighted by atomic mass is 10.1. The molecule has 0 unspecified atom stereocenters. The van der Waals surface area contributed by atoms with Crippen LogP contribution in [0.3, 0.4) is 0 Å². The van der Waals surface area contributed by atoms with Gasteiger partial charge in [0.15, 0.2) is 17.3 Å². The van der Waals surface area contributed by atoms with Crippen molar-refractivity contribution in [2.24, 2.45) is 0 Å². The SMILES string of the molecule is COc1ccc(C(=O)Oc2c(-c3ccc(Cl)cc3)oc3cc(C)c(Cl)cc3c2=O)cc1OC. The van der Waals surface area contributed by atoms with Crippen LogP contribution in [-0.4, -0.2) is 20.2 Å². The topological polar surface area (TPSA) is 75.0 Å². The molecule has 0 aliphatic heterocycles. The van der Waals surface area contributed by atoms with Crippen molar-refractivity contribution in [3.05, 3.63) is 86.0 Å². The zero-order chi connectivity index (χ0) is 23.7. The van der Waals surface area contributed by atoms with Crippen LogP contribution in [0.2, 0.25) is 10.0 Å². The van der Waals surface area contributed by atoms with Crippen molar-refractivity contribution < 1.29 is 23.4 Å².